The molecule has 3 rings (SSSR count). The highest BCUT2D eigenvalue weighted by atomic mass is 16.4. The summed E-state index contributed by atoms with van der Waals surface area (Å²) in [5.41, 5.74) is -2.99. The fourth-order valence-corrected chi connectivity index (χ4v) is 3.26. The van der Waals surface area contributed by atoms with Crippen LogP contribution in [0.3, 0.4) is 0 Å². The number of rotatable bonds is 4. The number of fused-ring (bicyclic) bond motifs is 2. The van der Waals surface area contributed by atoms with Crippen LogP contribution in [-0.2, 0) is 0 Å². The molecule has 0 saturated carbocycles. The number of hydrogen-bond donors (Lipinski definition) is 6. The summed E-state index contributed by atoms with van der Waals surface area (Å²) in [6.07, 6.45) is -3.20. The smallest absolute Gasteiger partial charge is 0.336 e. The molecule has 1 aliphatic carbocycles. The Labute approximate surface area is 155 Å². The van der Waals surface area contributed by atoms with Gasteiger partial charge in [-0.15, -0.1) is 0 Å². The standard InChI is InChI=1S/C18H12O10/c19-13-5-1-9(15(21)22)10(16(23)24)2-6(5)14(20)8-4-12(18(27)28)11(17(25)26)3-7(8)13/h1-4,13-14,19-20H,(H,21,22)(H,23,24)(H,25,26)(H,27,28). The number of carboxylic acids is 4. The average Bonchev–Trinajstić information content (AvgIpc) is 2.63. The second-order valence-electron chi connectivity index (χ2n) is 6.08. The molecule has 10 heteroatoms. The average molecular weight is 388 g/mol. The lowest BCUT2D eigenvalue weighted by molar-refractivity contribution is 0.0649. The van der Waals surface area contributed by atoms with Crippen molar-refractivity contribution < 1.29 is 49.8 Å². The summed E-state index contributed by atoms with van der Waals surface area (Å²) in [6, 6.07) is 3.57. The van der Waals surface area contributed by atoms with Crippen LogP contribution >= 0.6 is 0 Å². The lowest BCUT2D eigenvalue weighted by atomic mass is 9.78. The van der Waals surface area contributed by atoms with Gasteiger partial charge in [0.2, 0.25) is 0 Å². The maximum Gasteiger partial charge on any atom is 0.336 e. The molecule has 0 amide bonds. The Morgan fingerprint density at radius 3 is 0.821 bits per heavy atom. The van der Waals surface area contributed by atoms with E-state index in [4.69, 9.17) is 0 Å². The predicted octanol–water partition coefficient (Wildman–Crippen LogP) is 0.956. The Hall–Kier alpha value is -3.76. The van der Waals surface area contributed by atoms with Crippen molar-refractivity contribution in [2.24, 2.45) is 0 Å². The first-order chi connectivity index (χ1) is 13.0. The molecule has 0 spiro atoms. The van der Waals surface area contributed by atoms with Crippen LogP contribution in [0.15, 0.2) is 24.3 Å². The number of aromatic carboxylic acids is 4. The first kappa shape index (κ1) is 19.0. The monoisotopic (exact) mass is 388 g/mol. The van der Waals surface area contributed by atoms with Crippen molar-refractivity contribution in [2.45, 2.75) is 12.2 Å². The Kier molecular flexibility index (Phi) is 4.37. The molecule has 10 nitrogen and oxygen atoms in total. The zero-order valence-corrected chi connectivity index (χ0v) is 13.8. The summed E-state index contributed by atoms with van der Waals surface area (Å²) >= 11 is 0. The molecule has 0 fully saturated rings. The number of carbonyl (C=O) groups is 4. The molecule has 144 valence electrons. The van der Waals surface area contributed by atoms with Crippen LogP contribution in [0, 0.1) is 0 Å². The molecule has 0 radical (unpaired) electrons. The quantitative estimate of drug-likeness (QED) is 0.440. The number of aliphatic hydroxyl groups is 2. The van der Waals surface area contributed by atoms with Crippen molar-refractivity contribution in [2.75, 3.05) is 0 Å². The minimum atomic E-state index is -1.60. The second-order valence-corrected chi connectivity index (χ2v) is 6.08. The lowest BCUT2D eigenvalue weighted by Crippen LogP contribution is -2.23. The topological polar surface area (TPSA) is 190 Å². The van der Waals surface area contributed by atoms with E-state index in [9.17, 15) is 49.8 Å². The molecular weight excluding hydrogens is 376 g/mol. The fraction of sp³-hybridized carbons (Fsp3) is 0.111. The highest BCUT2D eigenvalue weighted by molar-refractivity contribution is 6.03. The minimum Gasteiger partial charge on any atom is -0.478 e. The van der Waals surface area contributed by atoms with Gasteiger partial charge >= 0.3 is 23.9 Å². The van der Waals surface area contributed by atoms with Crippen molar-refractivity contribution in [1.29, 1.82) is 0 Å². The van der Waals surface area contributed by atoms with E-state index in [1.165, 1.54) is 0 Å². The number of carboxylic acid groups (broad SMARTS) is 4. The molecule has 6 N–H and O–H groups in total. The first-order valence-corrected chi connectivity index (χ1v) is 7.69. The Morgan fingerprint density at radius 1 is 0.500 bits per heavy atom. The first-order valence-electron chi connectivity index (χ1n) is 7.69. The van der Waals surface area contributed by atoms with Gasteiger partial charge in [0.05, 0.1) is 22.3 Å². The van der Waals surface area contributed by atoms with Crippen molar-refractivity contribution in [3.8, 4) is 0 Å². The summed E-state index contributed by atoms with van der Waals surface area (Å²) in [6.45, 7) is 0. The fourth-order valence-electron chi connectivity index (χ4n) is 3.26. The molecule has 1 aliphatic rings. The maximum absolute atomic E-state index is 11.4. The van der Waals surface area contributed by atoms with Gasteiger partial charge in [0, 0.05) is 0 Å². The van der Waals surface area contributed by atoms with Gasteiger partial charge in [0.25, 0.3) is 0 Å². The normalized spacial score (nSPS) is 17.4. The third-order valence-electron chi connectivity index (χ3n) is 4.55. The molecule has 0 bridgehead atoms. The molecule has 0 saturated heterocycles. The van der Waals surface area contributed by atoms with Crippen LogP contribution in [0.4, 0.5) is 0 Å². The lowest BCUT2D eigenvalue weighted by Gasteiger charge is -2.30. The van der Waals surface area contributed by atoms with Crippen LogP contribution in [0.5, 0.6) is 0 Å². The predicted molar refractivity (Wildman–Crippen MR) is 88.8 cm³/mol. The van der Waals surface area contributed by atoms with Gasteiger partial charge in [-0.25, -0.2) is 19.2 Å². The van der Waals surface area contributed by atoms with E-state index in [2.05, 4.69) is 0 Å². The van der Waals surface area contributed by atoms with Gasteiger partial charge in [-0.05, 0) is 46.5 Å². The van der Waals surface area contributed by atoms with E-state index in [0.717, 1.165) is 24.3 Å². The van der Waals surface area contributed by atoms with E-state index >= 15 is 0 Å². The summed E-state index contributed by atoms with van der Waals surface area (Å²) in [5, 5.41) is 58.1. The van der Waals surface area contributed by atoms with E-state index in [-0.39, 0.29) is 22.3 Å². The van der Waals surface area contributed by atoms with Crippen LogP contribution in [0.25, 0.3) is 0 Å². The molecule has 2 aromatic rings. The van der Waals surface area contributed by atoms with Gasteiger partial charge < -0.3 is 30.6 Å². The molecular formula is C18H12O10. The SMILES string of the molecule is O=C(O)c1cc2c(cc1C(=O)O)C(O)c1cc(C(=O)O)c(C(=O)O)cc1C2O. The summed E-state index contributed by atoms with van der Waals surface area (Å²) in [7, 11) is 0. The van der Waals surface area contributed by atoms with E-state index < -0.39 is 58.3 Å². The van der Waals surface area contributed by atoms with E-state index in [0.29, 0.717) is 0 Å². The largest absolute Gasteiger partial charge is 0.478 e. The van der Waals surface area contributed by atoms with E-state index in [1.807, 2.05) is 0 Å². The number of benzene rings is 2. The highest BCUT2D eigenvalue weighted by Crippen LogP contribution is 2.43. The van der Waals surface area contributed by atoms with Crippen LogP contribution in [-0.4, -0.2) is 54.5 Å². The summed E-state index contributed by atoms with van der Waals surface area (Å²) in [4.78, 5) is 45.4. The van der Waals surface area contributed by atoms with Crippen LogP contribution in [0.2, 0.25) is 0 Å². The summed E-state index contributed by atoms with van der Waals surface area (Å²) in [5.74, 6) is -6.28. The molecule has 0 aromatic heterocycles. The van der Waals surface area contributed by atoms with Crippen LogP contribution < -0.4 is 0 Å². The maximum atomic E-state index is 11.4. The number of hydrogen-bond acceptors (Lipinski definition) is 6. The third-order valence-corrected chi connectivity index (χ3v) is 4.55. The van der Waals surface area contributed by atoms with Crippen LogP contribution in [0.1, 0.15) is 75.9 Å². The zero-order chi connectivity index (χ0) is 20.9. The van der Waals surface area contributed by atoms with E-state index in [1.54, 1.807) is 0 Å². The third kappa shape index (κ3) is 2.76. The van der Waals surface area contributed by atoms with Gasteiger partial charge in [0.15, 0.2) is 0 Å². The van der Waals surface area contributed by atoms with Gasteiger partial charge in [-0.1, -0.05) is 0 Å². The Balaban J connectivity index is 2.32. The zero-order valence-electron chi connectivity index (χ0n) is 13.8. The Morgan fingerprint density at radius 2 is 0.679 bits per heavy atom. The van der Waals surface area contributed by atoms with Crippen molar-refractivity contribution in [1.82, 2.24) is 0 Å². The molecule has 0 heterocycles. The van der Waals surface area contributed by atoms with Crippen molar-refractivity contribution in [3.05, 3.63) is 68.8 Å². The van der Waals surface area contributed by atoms with Gasteiger partial charge in [-0.2, -0.15) is 0 Å². The molecule has 2 aromatic carbocycles. The van der Waals surface area contributed by atoms with Crippen molar-refractivity contribution in [3.63, 3.8) is 0 Å². The Bertz CT molecular complexity index is 901. The minimum absolute atomic E-state index is 0.123. The van der Waals surface area contributed by atoms with Crippen molar-refractivity contribution >= 4 is 23.9 Å². The molecule has 0 atom stereocenters. The molecule has 28 heavy (non-hydrogen) atoms. The molecule has 0 unspecified atom stereocenters. The van der Waals surface area contributed by atoms with Gasteiger partial charge in [-0.3, -0.25) is 0 Å². The second kappa shape index (κ2) is 6.44. The highest BCUT2D eigenvalue weighted by Gasteiger charge is 2.35. The number of aliphatic hydroxyl groups excluding tert-OH is 2. The molecule has 0 aliphatic heterocycles. The summed E-state index contributed by atoms with van der Waals surface area (Å²) < 4.78 is 0. The van der Waals surface area contributed by atoms with Gasteiger partial charge in [0.1, 0.15) is 12.2 Å².